The van der Waals surface area contributed by atoms with Gasteiger partial charge in [-0.2, -0.15) is 0 Å². The van der Waals surface area contributed by atoms with Gasteiger partial charge in [0.2, 0.25) is 0 Å². The highest BCUT2D eigenvalue weighted by molar-refractivity contribution is 5.90. The second-order valence-electron chi connectivity index (χ2n) is 5.03. The molecule has 0 bridgehead atoms. The Kier molecular flexibility index (Phi) is 3.97. The van der Waals surface area contributed by atoms with Crippen molar-refractivity contribution in [3.63, 3.8) is 0 Å². The van der Waals surface area contributed by atoms with E-state index in [1.54, 1.807) is 12.5 Å². The normalized spacial score (nSPS) is 10.7. The van der Waals surface area contributed by atoms with E-state index in [0.29, 0.717) is 6.42 Å². The van der Waals surface area contributed by atoms with E-state index < -0.39 is 0 Å². The summed E-state index contributed by atoms with van der Waals surface area (Å²) in [6.45, 7) is 0. The number of Topliss-reactive ketones (excluding diaryl/α,β-unsaturated/α-hetero) is 1. The van der Waals surface area contributed by atoms with Gasteiger partial charge in [0.15, 0.2) is 0 Å². The molecule has 1 aromatic heterocycles. The number of furan rings is 1. The molecule has 0 aliphatic heterocycles. The van der Waals surface area contributed by atoms with Crippen LogP contribution in [0.4, 0.5) is 0 Å². The summed E-state index contributed by atoms with van der Waals surface area (Å²) < 4.78 is 5.05. The standard InChI is InChI=1S/C19H16O2/c20-18(13-15-11-12-21-14-15)19(16-7-3-1-4-8-16)17-9-5-2-6-10-17/h1-12,14,19H,13H2. The highest BCUT2D eigenvalue weighted by atomic mass is 16.3. The smallest absolute Gasteiger partial charge is 0.149 e. The van der Waals surface area contributed by atoms with Crippen molar-refractivity contribution in [2.45, 2.75) is 12.3 Å². The zero-order valence-corrected chi connectivity index (χ0v) is 11.6. The van der Waals surface area contributed by atoms with Gasteiger partial charge in [0.1, 0.15) is 5.78 Å². The molecule has 104 valence electrons. The maximum Gasteiger partial charge on any atom is 0.149 e. The zero-order valence-electron chi connectivity index (χ0n) is 11.6. The van der Waals surface area contributed by atoms with Gasteiger partial charge in [-0.3, -0.25) is 4.79 Å². The molecule has 3 rings (SSSR count). The van der Waals surface area contributed by atoms with Crippen LogP contribution in [0.15, 0.2) is 83.7 Å². The van der Waals surface area contributed by atoms with Gasteiger partial charge in [-0.15, -0.1) is 0 Å². The molecule has 21 heavy (non-hydrogen) atoms. The fraction of sp³-hybridized carbons (Fsp3) is 0.105. The maximum absolute atomic E-state index is 12.8. The molecule has 0 saturated heterocycles. The monoisotopic (exact) mass is 276 g/mol. The Hall–Kier alpha value is -2.61. The lowest BCUT2D eigenvalue weighted by molar-refractivity contribution is -0.119. The Balaban J connectivity index is 1.95. The van der Waals surface area contributed by atoms with Crippen LogP contribution in [-0.4, -0.2) is 5.78 Å². The lowest BCUT2D eigenvalue weighted by Gasteiger charge is -2.16. The van der Waals surface area contributed by atoms with Crippen LogP contribution in [0, 0.1) is 0 Å². The molecule has 0 saturated carbocycles. The lowest BCUT2D eigenvalue weighted by atomic mass is 9.85. The first-order chi connectivity index (χ1) is 10.3. The van der Waals surface area contributed by atoms with Gasteiger partial charge in [0.05, 0.1) is 18.4 Å². The number of hydrogen-bond acceptors (Lipinski definition) is 2. The lowest BCUT2D eigenvalue weighted by Crippen LogP contribution is -2.16. The Morgan fingerprint density at radius 2 is 1.43 bits per heavy atom. The van der Waals surface area contributed by atoms with Crippen molar-refractivity contribution >= 4 is 5.78 Å². The molecule has 0 aliphatic carbocycles. The summed E-state index contributed by atoms with van der Waals surface area (Å²) in [4.78, 5) is 12.8. The Labute approximate surface area is 124 Å². The van der Waals surface area contributed by atoms with E-state index in [1.165, 1.54) is 0 Å². The number of carbonyl (C=O) groups excluding carboxylic acids is 1. The molecule has 2 heteroatoms. The SMILES string of the molecule is O=C(Cc1ccoc1)C(c1ccccc1)c1ccccc1. The van der Waals surface area contributed by atoms with Crippen molar-refractivity contribution in [1.29, 1.82) is 0 Å². The Morgan fingerprint density at radius 1 is 0.857 bits per heavy atom. The number of hydrogen-bond donors (Lipinski definition) is 0. The van der Waals surface area contributed by atoms with E-state index in [1.807, 2.05) is 66.7 Å². The van der Waals surface area contributed by atoms with Crippen LogP contribution >= 0.6 is 0 Å². The van der Waals surface area contributed by atoms with Gasteiger partial charge in [-0.05, 0) is 22.8 Å². The number of rotatable bonds is 5. The summed E-state index contributed by atoms with van der Waals surface area (Å²) in [6.07, 6.45) is 3.61. The minimum absolute atomic E-state index is 0.175. The number of carbonyl (C=O) groups is 1. The van der Waals surface area contributed by atoms with Crippen LogP contribution in [0.3, 0.4) is 0 Å². The van der Waals surface area contributed by atoms with Crippen molar-refractivity contribution in [2.24, 2.45) is 0 Å². The van der Waals surface area contributed by atoms with E-state index in [4.69, 9.17) is 4.42 Å². The summed E-state index contributed by atoms with van der Waals surface area (Å²) in [5.41, 5.74) is 2.96. The molecule has 0 unspecified atom stereocenters. The molecular weight excluding hydrogens is 260 g/mol. The third-order valence-electron chi connectivity index (χ3n) is 3.55. The van der Waals surface area contributed by atoms with Gasteiger partial charge in [0, 0.05) is 6.42 Å². The molecule has 1 heterocycles. The first-order valence-corrected chi connectivity index (χ1v) is 6.98. The number of ketones is 1. The Morgan fingerprint density at radius 3 is 1.90 bits per heavy atom. The van der Waals surface area contributed by atoms with E-state index in [2.05, 4.69) is 0 Å². The summed E-state index contributed by atoms with van der Waals surface area (Å²) in [7, 11) is 0. The molecule has 2 aromatic carbocycles. The average molecular weight is 276 g/mol. The van der Waals surface area contributed by atoms with Crippen molar-refractivity contribution in [3.05, 3.63) is 95.9 Å². The third-order valence-corrected chi connectivity index (χ3v) is 3.55. The predicted octanol–water partition coefficient (Wildman–Crippen LogP) is 4.22. The first-order valence-electron chi connectivity index (χ1n) is 6.98. The van der Waals surface area contributed by atoms with Crippen LogP contribution in [0.2, 0.25) is 0 Å². The second kappa shape index (κ2) is 6.23. The molecule has 0 aliphatic rings. The molecule has 0 atom stereocenters. The van der Waals surface area contributed by atoms with Gasteiger partial charge in [0.25, 0.3) is 0 Å². The Bertz CT molecular complexity index is 645. The fourth-order valence-electron chi connectivity index (χ4n) is 2.55. The summed E-state index contributed by atoms with van der Waals surface area (Å²) >= 11 is 0. The van der Waals surface area contributed by atoms with Crippen molar-refractivity contribution in [1.82, 2.24) is 0 Å². The topological polar surface area (TPSA) is 30.2 Å². The predicted molar refractivity (Wildman–Crippen MR) is 82.1 cm³/mol. The molecular formula is C19H16O2. The molecule has 0 spiro atoms. The van der Waals surface area contributed by atoms with Crippen molar-refractivity contribution in [3.8, 4) is 0 Å². The van der Waals surface area contributed by atoms with Crippen LogP contribution in [0.25, 0.3) is 0 Å². The van der Waals surface area contributed by atoms with E-state index >= 15 is 0 Å². The van der Waals surface area contributed by atoms with Gasteiger partial charge >= 0.3 is 0 Å². The molecule has 0 fully saturated rings. The summed E-state index contributed by atoms with van der Waals surface area (Å²) in [5, 5.41) is 0. The van der Waals surface area contributed by atoms with E-state index in [0.717, 1.165) is 16.7 Å². The minimum Gasteiger partial charge on any atom is -0.472 e. The molecule has 0 amide bonds. The summed E-state index contributed by atoms with van der Waals surface area (Å²) in [5.74, 6) is -0.0592. The molecule has 0 N–H and O–H groups in total. The van der Waals surface area contributed by atoms with Gasteiger partial charge in [-0.1, -0.05) is 60.7 Å². The highest BCUT2D eigenvalue weighted by Crippen LogP contribution is 2.26. The van der Waals surface area contributed by atoms with E-state index in [9.17, 15) is 4.79 Å². The van der Waals surface area contributed by atoms with E-state index in [-0.39, 0.29) is 11.7 Å². The third kappa shape index (κ3) is 3.11. The summed E-state index contributed by atoms with van der Waals surface area (Å²) in [6, 6.07) is 21.7. The quantitative estimate of drug-likeness (QED) is 0.698. The van der Waals surface area contributed by atoms with Crippen LogP contribution in [-0.2, 0) is 11.2 Å². The second-order valence-corrected chi connectivity index (χ2v) is 5.03. The maximum atomic E-state index is 12.8. The van der Waals surface area contributed by atoms with Gasteiger partial charge in [-0.25, -0.2) is 0 Å². The first kappa shape index (κ1) is 13.4. The van der Waals surface area contributed by atoms with Crippen LogP contribution in [0.5, 0.6) is 0 Å². The molecule has 3 aromatic rings. The number of benzene rings is 2. The highest BCUT2D eigenvalue weighted by Gasteiger charge is 2.22. The zero-order chi connectivity index (χ0) is 14.5. The fourth-order valence-corrected chi connectivity index (χ4v) is 2.55. The van der Waals surface area contributed by atoms with Crippen LogP contribution < -0.4 is 0 Å². The average Bonchev–Trinajstić information content (AvgIpc) is 3.02. The molecule has 0 radical (unpaired) electrons. The van der Waals surface area contributed by atoms with Crippen molar-refractivity contribution in [2.75, 3.05) is 0 Å². The van der Waals surface area contributed by atoms with Crippen LogP contribution in [0.1, 0.15) is 22.6 Å². The van der Waals surface area contributed by atoms with Gasteiger partial charge < -0.3 is 4.42 Å². The largest absolute Gasteiger partial charge is 0.472 e. The minimum atomic E-state index is -0.234. The van der Waals surface area contributed by atoms with Crippen molar-refractivity contribution < 1.29 is 9.21 Å². The molecule has 2 nitrogen and oxygen atoms in total.